The molecule has 0 atom stereocenters. The van der Waals surface area contributed by atoms with E-state index < -0.39 is 5.91 Å². The molecule has 0 aliphatic heterocycles. The van der Waals surface area contributed by atoms with Crippen LogP contribution in [0.4, 0.5) is 14.6 Å². The van der Waals surface area contributed by atoms with Gasteiger partial charge in [0, 0.05) is 68.7 Å². The zero-order valence-corrected chi connectivity index (χ0v) is 48.7. The zero-order chi connectivity index (χ0) is 57.5. The Bertz CT molecular complexity index is 2690. The molecule has 0 fully saturated rings. The van der Waals surface area contributed by atoms with Gasteiger partial charge >= 0.3 is 0 Å². The molecule has 0 aliphatic rings. The van der Waals surface area contributed by atoms with Gasteiger partial charge in [0.05, 0.1) is 40.6 Å². The van der Waals surface area contributed by atoms with E-state index in [0.29, 0.717) is 34.4 Å². The quantitative estimate of drug-likeness (QED) is 0.155. The van der Waals surface area contributed by atoms with Crippen LogP contribution >= 0.6 is 0 Å². The Morgan fingerprint density at radius 2 is 0.784 bits per heavy atom. The number of nitrogens with two attached hydrogens (primary N) is 2. The van der Waals surface area contributed by atoms with Crippen molar-refractivity contribution in [2.75, 3.05) is 5.73 Å². The maximum Gasteiger partial charge on any atom is 0.254 e. The number of nitrogens with zero attached hydrogens (tertiary/aromatic N) is 13. The highest BCUT2D eigenvalue weighted by Crippen LogP contribution is 2.23. The van der Waals surface area contributed by atoms with E-state index in [1.807, 2.05) is 135 Å². The molecule has 0 radical (unpaired) electrons. The molecule has 0 bridgehead atoms. The van der Waals surface area contributed by atoms with E-state index in [1.54, 1.807) is 20.0 Å². The number of anilines is 1. The number of hydrogen-bond donors (Lipinski definition) is 2. The minimum atomic E-state index is -0.608. The lowest BCUT2D eigenvalue weighted by Crippen LogP contribution is -2.21. The number of nitriles is 1. The van der Waals surface area contributed by atoms with Gasteiger partial charge in [-0.15, -0.1) is 0 Å². The van der Waals surface area contributed by atoms with Gasteiger partial charge in [-0.2, -0.15) is 5.26 Å². The predicted octanol–water partition coefficient (Wildman–Crippen LogP) is 11.3. The second kappa shape index (κ2) is 26.4. The van der Waals surface area contributed by atoms with Crippen LogP contribution in [-0.2, 0) is 32.5 Å². The number of nitrogen functional groups attached to an aromatic ring is 1. The monoisotopic (exact) mass is 1020 g/mol. The first-order chi connectivity index (χ1) is 33.5. The summed E-state index contributed by atoms with van der Waals surface area (Å²) in [5.41, 5.74) is 15.8. The van der Waals surface area contributed by atoms with Gasteiger partial charge in [-0.1, -0.05) is 125 Å². The Labute approximate surface area is 440 Å². The molecule has 74 heavy (non-hydrogen) atoms. The van der Waals surface area contributed by atoms with Crippen LogP contribution in [0.2, 0.25) is 0 Å². The predicted molar refractivity (Wildman–Crippen MR) is 290 cm³/mol. The molecule has 0 aliphatic carbocycles. The number of amides is 1. The molecule has 6 rings (SSSR count). The summed E-state index contributed by atoms with van der Waals surface area (Å²) >= 11 is 0. The van der Waals surface area contributed by atoms with Crippen molar-refractivity contribution in [1.29, 1.82) is 5.26 Å². The Morgan fingerprint density at radius 3 is 1.08 bits per heavy atom. The fraction of sp³-hybridized carbons (Fsp3) is 0.536. The standard InChI is InChI=1S/C10H13N3.C10H16N2.2C9H13FN2.C9H14N4O.C9H14N2/c1-7-8(5-11)6-12-9(13-7)10(2,3)4;1-7-6-11-9(10(3,4)5)12-8(7)2;2*1-6-7(10)5-11-8(12-6)9(2,3)4;1-9(2,3)8-12-4-5(7(11)14)6(10)13-8;1-7-5-6-10-8(11-7)9(2,3)4/h6H,1-4H3;6H,1-5H3;2*5H,1-4H3;4H,1-3H3,(H2,11,14)(H2,10,12,13);5-6H,1-4H3. The van der Waals surface area contributed by atoms with Crippen molar-refractivity contribution in [3.05, 3.63) is 135 Å². The highest BCUT2D eigenvalue weighted by molar-refractivity contribution is 5.96. The summed E-state index contributed by atoms with van der Waals surface area (Å²) < 4.78 is 25.5. The van der Waals surface area contributed by atoms with Gasteiger partial charge < -0.3 is 11.5 Å². The maximum atomic E-state index is 12.8. The summed E-state index contributed by atoms with van der Waals surface area (Å²) in [6, 6.07) is 3.96. The van der Waals surface area contributed by atoms with Gasteiger partial charge in [0.2, 0.25) is 0 Å². The lowest BCUT2D eigenvalue weighted by atomic mass is 9.95. The maximum absolute atomic E-state index is 12.8. The topological polar surface area (TPSA) is 248 Å². The van der Waals surface area contributed by atoms with Crippen LogP contribution in [0, 0.1) is 64.5 Å². The molecule has 0 aromatic carbocycles. The van der Waals surface area contributed by atoms with Gasteiger partial charge in [0.1, 0.15) is 46.8 Å². The largest absolute Gasteiger partial charge is 0.383 e. The SMILES string of the molecule is CC(C)(C)c1ncc(C(N)=O)c(N)n1.Cc1ccnc(C(C)(C)C)n1.Cc1cnc(C(C)(C)C)nc1C.Cc1nc(C(C)(C)C)ncc1C#N.Cc1nc(C(C)(C)C)ncc1F.Cc1nc(C(C)(C)C)ncc1F. The first-order valence-corrected chi connectivity index (χ1v) is 24.3. The van der Waals surface area contributed by atoms with Crippen molar-refractivity contribution in [2.24, 2.45) is 5.73 Å². The average Bonchev–Trinajstić information content (AvgIpc) is 3.25. The number of primary amides is 1. The number of aromatic nitrogens is 12. The van der Waals surface area contributed by atoms with Crippen molar-refractivity contribution >= 4 is 11.7 Å². The van der Waals surface area contributed by atoms with Crippen LogP contribution in [-0.4, -0.2) is 65.7 Å². The second-order valence-corrected chi connectivity index (χ2v) is 23.9. The van der Waals surface area contributed by atoms with E-state index in [-0.39, 0.29) is 55.5 Å². The van der Waals surface area contributed by atoms with Crippen molar-refractivity contribution in [3.8, 4) is 6.07 Å². The molecule has 6 aromatic rings. The van der Waals surface area contributed by atoms with Gasteiger partial charge in [-0.05, 0) is 53.2 Å². The number of carbonyl (C=O) groups is 1. The molecule has 1 amide bonds. The molecule has 6 heterocycles. The highest BCUT2D eigenvalue weighted by atomic mass is 19.1. The Kier molecular flexibility index (Phi) is 23.2. The van der Waals surface area contributed by atoms with Gasteiger partial charge in [0.15, 0.2) is 11.6 Å². The molecule has 0 spiro atoms. The van der Waals surface area contributed by atoms with Gasteiger partial charge in [-0.25, -0.2) is 68.6 Å². The molecular formula is C56H83F2N15O. The third-order valence-electron chi connectivity index (χ3n) is 10.1. The summed E-state index contributed by atoms with van der Waals surface area (Å²) in [5.74, 6) is 3.42. The molecule has 18 heteroatoms. The van der Waals surface area contributed by atoms with Crippen molar-refractivity contribution in [3.63, 3.8) is 0 Å². The molecule has 6 aromatic heterocycles. The average molecular weight is 1020 g/mol. The minimum absolute atomic E-state index is 0.0540. The van der Waals surface area contributed by atoms with Crippen LogP contribution in [0.25, 0.3) is 0 Å². The summed E-state index contributed by atoms with van der Waals surface area (Å²) in [7, 11) is 0. The summed E-state index contributed by atoms with van der Waals surface area (Å²) in [6.45, 7) is 47.9. The van der Waals surface area contributed by atoms with E-state index >= 15 is 0 Å². The van der Waals surface area contributed by atoms with Crippen LogP contribution in [0.15, 0.2) is 43.2 Å². The molecule has 0 saturated carbocycles. The third-order valence-corrected chi connectivity index (χ3v) is 10.1. The zero-order valence-electron chi connectivity index (χ0n) is 48.7. The van der Waals surface area contributed by atoms with Crippen molar-refractivity contribution < 1.29 is 13.6 Å². The molecule has 402 valence electrons. The highest BCUT2D eigenvalue weighted by Gasteiger charge is 2.22. The van der Waals surface area contributed by atoms with Gasteiger partial charge in [0.25, 0.3) is 5.91 Å². The van der Waals surface area contributed by atoms with Crippen LogP contribution in [0.5, 0.6) is 0 Å². The van der Waals surface area contributed by atoms with Crippen LogP contribution < -0.4 is 11.5 Å². The van der Waals surface area contributed by atoms with E-state index in [0.717, 1.165) is 40.1 Å². The lowest BCUT2D eigenvalue weighted by Gasteiger charge is -2.16. The molecule has 0 saturated heterocycles. The number of aryl methyl sites for hydroxylation is 6. The molecule has 16 nitrogen and oxygen atoms in total. The Balaban J connectivity index is 0.000000445. The fourth-order valence-corrected chi connectivity index (χ4v) is 5.21. The van der Waals surface area contributed by atoms with Crippen molar-refractivity contribution in [2.45, 2.75) is 199 Å². The van der Waals surface area contributed by atoms with Gasteiger partial charge in [-0.3, -0.25) is 4.79 Å². The summed E-state index contributed by atoms with van der Waals surface area (Å²) in [4.78, 5) is 60.6. The van der Waals surface area contributed by atoms with Crippen molar-refractivity contribution in [1.82, 2.24) is 59.8 Å². The Hall–Kier alpha value is -6.90. The first-order valence-electron chi connectivity index (χ1n) is 24.3. The first kappa shape index (κ1) is 65.1. The molecule has 4 N–H and O–H groups in total. The smallest absolute Gasteiger partial charge is 0.254 e. The number of halogens is 2. The van der Waals surface area contributed by atoms with Crippen LogP contribution in [0.3, 0.4) is 0 Å². The number of hydrogen-bond acceptors (Lipinski definition) is 15. The second-order valence-electron chi connectivity index (χ2n) is 23.9. The Morgan fingerprint density at radius 1 is 0.459 bits per heavy atom. The van der Waals surface area contributed by atoms with E-state index in [9.17, 15) is 13.6 Å². The van der Waals surface area contributed by atoms with E-state index in [4.69, 9.17) is 16.7 Å². The molecule has 0 unspecified atom stereocenters. The minimum Gasteiger partial charge on any atom is -0.383 e. The molecular weight excluding hydrogens is 937 g/mol. The number of rotatable bonds is 1. The van der Waals surface area contributed by atoms with Crippen LogP contribution in [0.1, 0.15) is 210 Å². The van der Waals surface area contributed by atoms with E-state index in [1.165, 1.54) is 18.6 Å². The van der Waals surface area contributed by atoms with E-state index in [2.05, 4.69) is 101 Å². The lowest BCUT2D eigenvalue weighted by molar-refractivity contribution is 0.1000. The summed E-state index contributed by atoms with van der Waals surface area (Å²) in [6.07, 6.45) is 9.10. The number of carbonyl (C=O) groups excluding carboxylic acids is 1. The normalized spacial score (nSPS) is 11.5. The fourth-order valence-electron chi connectivity index (χ4n) is 5.21. The third kappa shape index (κ3) is 22.1. The summed E-state index contributed by atoms with van der Waals surface area (Å²) in [5, 5.41) is 8.68.